The van der Waals surface area contributed by atoms with Gasteiger partial charge >= 0.3 is 5.97 Å². The van der Waals surface area contributed by atoms with E-state index < -0.39 is 5.97 Å². The SMILES string of the molecule is Cc1nc(CN(CC(=O)O)C2CCCC2)oc1C. The Morgan fingerprint density at radius 3 is 2.61 bits per heavy atom. The molecule has 1 fully saturated rings. The van der Waals surface area contributed by atoms with Crippen LogP contribution in [0.4, 0.5) is 0 Å². The number of oxazole rings is 1. The summed E-state index contributed by atoms with van der Waals surface area (Å²) >= 11 is 0. The summed E-state index contributed by atoms with van der Waals surface area (Å²) in [6.07, 6.45) is 4.52. The lowest BCUT2D eigenvalue weighted by molar-refractivity contribution is -0.139. The van der Waals surface area contributed by atoms with Crippen molar-refractivity contribution in [3.8, 4) is 0 Å². The van der Waals surface area contributed by atoms with E-state index in [0.29, 0.717) is 18.5 Å². The lowest BCUT2D eigenvalue weighted by Gasteiger charge is -2.25. The fourth-order valence-electron chi connectivity index (χ4n) is 2.54. The molecule has 5 heteroatoms. The molecule has 100 valence electrons. The largest absolute Gasteiger partial charge is 0.480 e. The summed E-state index contributed by atoms with van der Waals surface area (Å²) < 4.78 is 5.54. The summed E-state index contributed by atoms with van der Waals surface area (Å²) in [6.45, 7) is 4.33. The average Bonchev–Trinajstić information content (AvgIpc) is 2.88. The van der Waals surface area contributed by atoms with E-state index in [1.54, 1.807) is 0 Å². The minimum Gasteiger partial charge on any atom is -0.480 e. The van der Waals surface area contributed by atoms with Crippen LogP contribution >= 0.6 is 0 Å². The lowest BCUT2D eigenvalue weighted by Crippen LogP contribution is -2.37. The molecule has 0 radical (unpaired) electrons. The average molecular weight is 252 g/mol. The van der Waals surface area contributed by atoms with E-state index in [4.69, 9.17) is 9.52 Å². The number of aryl methyl sites for hydroxylation is 2. The van der Waals surface area contributed by atoms with Gasteiger partial charge in [0.1, 0.15) is 5.76 Å². The highest BCUT2D eigenvalue weighted by Gasteiger charge is 2.25. The molecule has 1 aliphatic carbocycles. The quantitative estimate of drug-likeness (QED) is 0.869. The molecular weight excluding hydrogens is 232 g/mol. The minimum atomic E-state index is -0.790. The van der Waals surface area contributed by atoms with Crippen LogP contribution in [0.2, 0.25) is 0 Å². The molecule has 0 saturated heterocycles. The zero-order chi connectivity index (χ0) is 13.1. The Morgan fingerprint density at radius 1 is 1.44 bits per heavy atom. The van der Waals surface area contributed by atoms with Crippen molar-refractivity contribution >= 4 is 5.97 Å². The fraction of sp³-hybridized carbons (Fsp3) is 0.692. The van der Waals surface area contributed by atoms with Crippen molar-refractivity contribution in [1.82, 2.24) is 9.88 Å². The lowest BCUT2D eigenvalue weighted by atomic mass is 10.2. The topological polar surface area (TPSA) is 66.6 Å². The van der Waals surface area contributed by atoms with Crippen LogP contribution in [0.15, 0.2) is 4.42 Å². The molecule has 1 aromatic rings. The first-order valence-electron chi connectivity index (χ1n) is 6.45. The van der Waals surface area contributed by atoms with Gasteiger partial charge in [-0.2, -0.15) is 0 Å². The molecule has 0 atom stereocenters. The predicted octanol–water partition coefficient (Wildman–Crippen LogP) is 2.12. The van der Waals surface area contributed by atoms with E-state index in [1.165, 1.54) is 12.8 Å². The molecule has 1 saturated carbocycles. The molecule has 1 heterocycles. The van der Waals surface area contributed by atoms with Crippen molar-refractivity contribution in [3.63, 3.8) is 0 Å². The molecule has 1 N–H and O–H groups in total. The first-order valence-corrected chi connectivity index (χ1v) is 6.45. The normalized spacial score (nSPS) is 16.6. The van der Waals surface area contributed by atoms with Gasteiger partial charge in [-0.25, -0.2) is 4.98 Å². The van der Waals surface area contributed by atoms with Crippen LogP contribution in [0.5, 0.6) is 0 Å². The highest BCUT2D eigenvalue weighted by molar-refractivity contribution is 5.69. The van der Waals surface area contributed by atoms with Crippen LogP contribution in [-0.4, -0.2) is 33.5 Å². The molecule has 0 aromatic carbocycles. The van der Waals surface area contributed by atoms with Gasteiger partial charge in [-0.15, -0.1) is 0 Å². The smallest absolute Gasteiger partial charge is 0.317 e. The zero-order valence-electron chi connectivity index (χ0n) is 11.0. The van der Waals surface area contributed by atoms with Crippen LogP contribution in [-0.2, 0) is 11.3 Å². The number of carbonyl (C=O) groups is 1. The van der Waals surface area contributed by atoms with Gasteiger partial charge in [0.05, 0.1) is 18.8 Å². The summed E-state index contributed by atoms with van der Waals surface area (Å²) in [5.41, 5.74) is 0.881. The Hall–Kier alpha value is -1.36. The summed E-state index contributed by atoms with van der Waals surface area (Å²) in [4.78, 5) is 17.2. The molecule has 18 heavy (non-hydrogen) atoms. The van der Waals surface area contributed by atoms with Crippen LogP contribution < -0.4 is 0 Å². The monoisotopic (exact) mass is 252 g/mol. The van der Waals surface area contributed by atoms with E-state index in [1.807, 2.05) is 18.7 Å². The van der Waals surface area contributed by atoms with Gasteiger partial charge in [0.2, 0.25) is 5.89 Å². The Labute approximate surface area is 107 Å². The highest BCUT2D eigenvalue weighted by Crippen LogP contribution is 2.25. The maximum atomic E-state index is 10.9. The molecule has 1 aromatic heterocycles. The van der Waals surface area contributed by atoms with E-state index in [-0.39, 0.29) is 6.54 Å². The summed E-state index contributed by atoms with van der Waals surface area (Å²) in [6, 6.07) is 0.355. The van der Waals surface area contributed by atoms with Crippen molar-refractivity contribution < 1.29 is 14.3 Å². The third-order valence-electron chi connectivity index (χ3n) is 3.59. The number of aromatic nitrogens is 1. The number of carboxylic acid groups (broad SMARTS) is 1. The first kappa shape index (κ1) is 13.1. The Balaban J connectivity index is 2.06. The molecule has 0 spiro atoms. The van der Waals surface area contributed by atoms with Gasteiger partial charge in [0.25, 0.3) is 0 Å². The van der Waals surface area contributed by atoms with E-state index in [2.05, 4.69) is 4.98 Å². The van der Waals surface area contributed by atoms with Crippen LogP contribution in [0, 0.1) is 13.8 Å². The Bertz CT molecular complexity index is 402. The van der Waals surface area contributed by atoms with Crippen molar-refractivity contribution in [1.29, 1.82) is 0 Å². The van der Waals surface area contributed by atoms with Crippen molar-refractivity contribution in [3.05, 3.63) is 17.3 Å². The molecular formula is C13H20N2O3. The van der Waals surface area contributed by atoms with E-state index in [0.717, 1.165) is 24.3 Å². The van der Waals surface area contributed by atoms with Gasteiger partial charge in [0, 0.05) is 6.04 Å². The zero-order valence-corrected chi connectivity index (χ0v) is 11.0. The van der Waals surface area contributed by atoms with Crippen molar-refractivity contribution in [2.75, 3.05) is 6.54 Å². The predicted molar refractivity (Wildman–Crippen MR) is 66.3 cm³/mol. The van der Waals surface area contributed by atoms with Gasteiger partial charge < -0.3 is 9.52 Å². The molecule has 0 aliphatic heterocycles. The summed E-state index contributed by atoms with van der Waals surface area (Å²) in [5.74, 6) is 0.645. The molecule has 5 nitrogen and oxygen atoms in total. The van der Waals surface area contributed by atoms with Crippen LogP contribution in [0.3, 0.4) is 0 Å². The van der Waals surface area contributed by atoms with Crippen molar-refractivity contribution in [2.24, 2.45) is 0 Å². The highest BCUT2D eigenvalue weighted by atomic mass is 16.4. The first-order chi connectivity index (χ1) is 8.56. The van der Waals surface area contributed by atoms with Gasteiger partial charge in [0.15, 0.2) is 0 Å². The molecule has 0 bridgehead atoms. The number of hydrogen-bond acceptors (Lipinski definition) is 4. The van der Waals surface area contributed by atoms with Crippen LogP contribution in [0.1, 0.15) is 43.0 Å². The fourth-order valence-corrected chi connectivity index (χ4v) is 2.54. The third kappa shape index (κ3) is 3.10. The molecule has 1 aliphatic rings. The maximum Gasteiger partial charge on any atom is 0.317 e. The van der Waals surface area contributed by atoms with Gasteiger partial charge in [-0.3, -0.25) is 9.69 Å². The molecule has 0 unspecified atom stereocenters. The minimum absolute atomic E-state index is 0.0607. The molecule has 0 amide bonds. The van der Waals surface area contributed by atoms with Gasteiger partial charge in [-0.05, 0) is 26.7 Å². The Morgan fingerprint density at radius 2 is 2.11 bits per heavy atom. The van der Waals surface area contributed by atoms with E-state index >= 15 is 0 Å². The maximum absolute atomic E-state index is 10.9. The summed E-state index contributed by atoms with van der Waals surface area (Å²) in [7, 11) is 0. The Kier molecular flexibility index (Phi) is 4.01. The number of carboxylic acids is 1. The van der Waals surface area contributed by atoms with E-state index in [9.17, 15) is 4.79 Å². The van der Waals surface area contributed by atoms with Crippen molar-refractivity contribution in [2.45, 2.75) is 52.1 Å². The number of hydrogen-bond donors (Lipinski definition) is 1. The number of nitrogens with zero attached hydrogens (tertiary/aromatic N) is 2. The summed E-state index contributed by atoms with van der Waals surface area (Å²) in [5, 5.41) is 8.99. The third-order valence-corrected chi connectivity index (χ3v) is 3.59. The molecule has 2 rings (SSSR count). The number of aliphatic carboxylic acids is 1. The second-order valence-electron chi connectivity index (χ2n) is 4.99. The second kappa shape index (κ2) is 5.52. The number of rotatable bonds is 5. The van der Waals surface area contributed by atoms with Crippen LogP contribution in [0.25, 0.3) is 0 Å². The van der Waals surface area contributed by atoms with Gasteiger partial charge in [-0.1, -0.05) is 12.8 Å². The second-order valence-corrected chi connectivity index (χ2v) is 4.99. The standard InChI is InChI=1S/C13H20N2O3/c1-9-10(2)18-12(14-9)7-15(8-13(16)17)11-5-3-4-6-11/h11H,3-8H2,1-2H3,(H,16,17).